The first-order chi connectivity index (χ1) is 16.5. The number of methoxy groups -OCH3 is 1. The fourth-order valence-corrected chi connectivity index (χ4v) is 4.80. The van der Waals surface area contributed by atoms with E-state index in [0.29, 0.717) is 37.5 Å². The lowest BCUT2D eigenvalue weighted by Crippen LogP contribution is -2.46. The molecule has 0 saturated carbocycles. The van der Waals surface area contributed by atoms with Gasteiger partial charge in [-0.05, 0) is 66.6 Å². The summed E-state index contributed by atoms with van der Waals surface area (Å²) in [5, 5.41) is 5.04. The van der Waals surface area contributed by atoms with Gasteiger partial charge in [0.2, 0.25) is 11.8 Å². The molecule has 0 radical (unpaired) electrons. The molecule has 2 unspecified atom stereocenters. The number of carbonyl (C=O) groups excluding carboxylic acids is 2. The standard InChI is InChI=1S/C26H29N3O4S/c1-18(20-7-8-23(24(15-20)32-2)33-17-19-9-11-27-12-10-19)28-26(31)22-6-3-13-29(22)25(30)16-21-5-4-14-34-21/h4-5,7-12,14-15,18,22H,3,6,13,16-17H2,1-2H3,(H,28,31). The minimum absolute atomic E-state index is 0.00474. The number of carbonyl (C=O) groups is 2. The molecule has 1 aliphatic rings. The van der Waals surface area contributed by atoms with Gasteiger partial charge in [0.25, 0.3) is 0 Å². The summed E-state index contributed by atoms with van der Waals surface area (Å²) in [6, 6.07) is 12.7. The van der Waals surface area contributed by atoms with Crippen molar-refractivity contribution in [3.8, 4) is 11.5 Å². The van der Waals surface area contributed by atoms with Crippen molar-refractivity contribution in [3.05, 3.63) is 76.2 Å². The zero-order valence-electron chi connectivity index (χ0n) is 19.4. The predicted molar refractivity (Wildman–Crippen MR) is 131 cm³/mol. The monoisotopic (exact) mass is 479 g/mol. The topological polar surface area (TPSA) is 80.8 Å². The number of thiophene rings is 1. The van der Waals surface area contributed by atoms with Crippen LogP contribution in [-0.4, -0.2) is 41.4 Å². The Balaban J connectivity index is 1.37. The molecule has 1 aliphatic heterocycles. The van der Waals surface area contributed by atoms with Gasteiger partial charge in [-0.25, -0.2) is 0 Å². The molecule has 0 spiro atoms. The number of hydrogen-bond donors (Lipinski definition) is 1. The molecule has 1 saturated heterocycles. The Kier molecular flexibility index (Phi) is 7.80. The number of aromatic nitrogens is 1. The van der Waals surface area contributed by atoms with Crippen molar-refractivity contribution in [2.24, 2.45) is 0 Å². The summed E-state index contributed by atoms with van der Waals surface area (Å²) in [7, 11) is 1.59. The van der Waals surface area contributed by atoms with Gasteiger partial charge in [-0.1, -0.05) is 12.1 Å². The van der Waals surface area contributed by atoms with E-state index in [9.17, 15) is 9.59 Å². The van der Waals surface area contributed by atoms with Crippen LogP contribution in [0.3, 0.4) is 0 Å². The molecule has 3 heterocycles. The van der Waals surface area contributed by atoms with E-state index in [0.717, 1.165) is 22.4 Å². The third kappa shape index (κ3) is 5.75. The van der Waals surface area contributed by atoms with Crippen molar-refractivity contribution >= 4 is 23.2 Å². The zero-order chi connectivity index (χ0) is 23.9. The molecule has 1 aromatic carbocycles. The van der Waals surface area contributed by atoms with Crippen molar-refractivity contribution in [1.29, 1.82) is 0 Å². The van der Waals surface area contributed by atoms with Crippen molar-refractivity contribution in [2.45, 2.75) is 44.9 Å². The Morgan fingerprint density at radius 1 is 1.21 bits per heavy atom. The highest BCUT2D eigenvalue weighted by atomic mass is 32.1. The first-order valence-electron chi connectivity index (χ1n) is 11.4. The number of ether oxygens (including phenoxy) is 2. The summed E-state index contributed by atoms with van der Waals surface area (Å²) < 4.78 is 11.4. The van der Waals surface area contributed by atoms with Gasteiger partial charge in [-0.15, -0.1) is 11.3 Å². The molecule has 1 N–H and O–H groups in total. The Hall–Kier alpha value is -3.39. The molecule has 1 fully saturated rings. The summed E-state index contributed by atoms with van der Waals surface area (Å²) in [5.74, 6) is 1.11. The van der Waals surface area contributed by atoms with Crippen molar-refractivity contribution < 1.29 is 19.1 Å². The van der Waals surface area contributed by atoms with Gasteiger partial charge in [0.1, 0.15) is 12.6 Å². The molecule has 4 rings (SSSR count). The number of nitrogens with one attached hydrogen (secondary N) is 1. The molecule has 178 valence electrons. The second-order valence-electron chi connectivity index (χ2n) is 8.29. The number of rotatable bonds is 9. The van der Waals surface area contributed by atoms with Crippen molar-refractivity contribution in [2.75, 3.05) is 13.7 Å². The van der Waals surface area contributed by atoms with E-state index in [1.54, 1.807) is 35.7 Å². The van der Waals surface area contributed by atoms with Crippen LogP contribution in [0.25, 0.3) is 0 Å². The molecule has 7 nitrogen and oxygen atoms in total. The number of amides is 2. The lowest BCUT2D eigenvalue weighted by molar-refractivity contribution is -0.138. The predicted octanol–water partition coefficient (Wildman–Crippen LogP) is 4.14. The van der Waals surface area contributed by atoms with E-state index in [1.807, 2.05) is 54.8 Å². The van der Waals surface area contributed by atoms with Crippen LogP contribution in [0.1, 0.15) is 41.8 Å². The molecule has 3 aromatic rings. The summed E-state index contributed by atoms with van der Waals surface area (Å²) in [6.45, 7) is 2.95. The van der Waals surface area contributed by atoms with Crippen LogP contribution in [0.4, 0.5) is 0 Å². The maximum atomic E-state index is 13.1. The largest absolute Gasteiger partial charge is 0.493 e. The number of nitrogens with zero attached hydrogens (tertiary/aromatic N) is 2. The maximum Gasteiger partial charge on any atom is 0.243 e. The normalized spacial score (nSPS) is 16.2. The summed E-state index contributed by atoms with van der Waals surface area (Å²) in [6.07, 6.45) is 5.31. The van der Waals surface area contributed by atoms with Gasteiger partial charge in [-0.2, -0.15) is 0 Å². The number of benzene rings is 1. The highest BCUT2D eigenvalue weighted by molar-refractivity contribution is 7.10. The van der Waals surface area contributed by atoms with Crippen LogP contribution in [0.15, 0.2) is 60.2 Å². The Labute approximate surface area is 203 Å². The summed E-state index contributed by atoms with van der Waals surface area (Å²) in [4.78, 5) is 32.6. The molecule has 2 atom stereocenters. The SMILES string of the molecule is COc1cc(C(C)NC(=O)C2CCCN2C(=O)Cc2cccs2)ccc1OCc1ccncc1. The Morgan fingerprint density at radius 3 is 2.76 bits per heavy atom. The van der Waals surface area contributed by atoms with Crippen LogP contribution in [0.5, 0.6) is 11.5 Å². The molecule has 0 aliphatic carbocycles. The maximum absolute atomic E-state index is 13.1. The van der Waals surface area contributed by atoms with Crippen molar-refractivity contribution in [3.63, 3.8) is 0 Å². The van der Waals surface area contributed by atoms with E-state index in [-0.39, 0.29) is 17.9 Å². The molecule has 34 heavy (non-hydrogen) atoms. The molecule has 8 heteroatoms. The van der Waals surface area contributed by atoms with Crippen LogP contribution in [0, 0.1) is 0 Å². The molecule has 2 aromatic heterocycles. The Bertz CT molecular complexity index is 1100. The first kappa shape index (κ1) is 23.8. The lowest BCUT2D eigenvalue weighted by atomic mass is 10.1. The van der Waals surface area contributed by atoms with Crippen LogP contribution in [0.2, 0.25) is 0 Å². The number of pyridine rings is 1. The average molecular weight is 480 g/mol. The minimum atomic E-state index is -0.431. The van der Waals surface area contributed by atoms with E-state index >= 15 is 0 Å². The fourth-order valence-electron chi connectivity index (χ4n) is 4.11. The van der Waals surface area contributed by atoms with Crippen LogP contribution >= 0.6 is 11.3 Å². The molecular formula is C26H29N3O4S. The third-order valence-corrected chi connectivity index (χ3v) is 6.85. The van der Waals surface area contributed by atoms with Gasteiger partial charge in [0.15, 0.2) is 11.5 Å². The van der Waals surface area contributed by atoms with E-state index in [4.69, 9.17) is 9.47 Å². The average Bonchev–Trinajstić information content (AvgIpc) is 3.55. The highest BCUT2D eigenvalue weighted by Gasteiger charge is 2.34. The fraction of sp³-hybridized carbons (Fsp3) is 0.346. The van der Waals surface area contributed by atoms with Gasteiger partial charge < -0.3 is 19.7 Å². The number of likely N-dealkylation sites (tertiary alicyclic amines) is 1. The minimum Gasteiger partial charge on any atom is -0.493 e. The second-order valence-corrected chi connectivity index (χ2v) is 9.32. The van der Waals surface area contributed by atoms with E-state index in [1.165, 1.54) is 0 Å². The zero-order valence-corrected chi connectivity index (χ0v) is 20.2. The third-order valence-electron chi connectivity index (χ3n) is 5.97. The van der Waals surface area contributed by atoms with Crippen molar-refractivity contribution in [1.82, 2.24) is 15.2 Å². The van der Waals surface area contributed by atoms with E-state index < -0.39 is 6.04 Å². The Morgan fingerprint density at radius 2 is 2.03 bits per heavy atom. The summed E-state index contributed by atoms with van der Waals surface area (Å²) >= 11 is 1.56. The second kappa shape index (κ2) is 11.2. The summed E-state index contributed by atoms with van der Waals surface area (Å²) in [5.41, 5.74) is 1.91. The first-order valence-corrected chi connectivity index (χ1v) is 12.2. The quantitative estimate of drug-likeness (QED) is 0.499. The van der Waals surface area contributed by atoms with E-state index in [2.05, 4.69) is 10.3 Å². The van der Waals surface area contributed by atoms with Crippen LogP contribution < -0.4 is 14.8 Å². The van der Waals surface area contributed by atoms with Crippen LogP contribution in [-0.2, 0) is 22.6 Å². The van der Waals surface area contributed by atoms with Gasteiger partial charge >= 0.3 is 0 Å². The van der Waals surface area contributed by atoms with Gasteiger partial charge in [0, 0.05) is 23.8 Å². The highest BCUT2D eigenvalue weighted by Crippen LogP contribution is 2.31. The number of hydrogen-bond acceptors (Lipinski definition) is 6. The molecular weight excluding hydrogens is 450 g/mol. The lowest BCUT2D eigenvalue weighted by Gasteiger charge is -2.26. The molecule has 0 bridgehead atoms. The molecule has 2 amide bonds. The van der Waals surface area contributed by atoms with Gasteiger partial charge in [-0.3, -0.25) is 14.6 Å². The van der Waals surface area contributed by atoms with Gasteiger partial charge in [0.05, 0.1) is 19.6 Å². The smallest absolute Gasteiger partial charge is 0.243 e.